The van der Waals surface area contributed by atoms with E-state index in [1.54, 1.807) is 19.0 Å². The number of carbonyl (C=O) groups is 4. The van der Waals surface area contributed by atoms with E-state index >= 15 is 0 Å². The summed E-state index contributed by atoms with van der Waals surface area (Å²) in [7, 11) is 3.43. The Morgan fingerprint density at radius 1 is 1.00 bits per heavy atom. The van der Waals surface area contributed by atoms with E-state index in [0.717, 1.165) is 0 Å². The minimum absolute atomic E-state index is 0. The van der Waals surface area contributed by atoms with Crippen molar-refractivity contribution in [3.63, 3.8) is 0 Å². The Balaban J connectivity index is -0.000000347. The van der Waals surface area contributed by atoms with E-state index in [1.807, 2.05) is 0 Å². The Kier molecular flexibility index (Phi) is 12.9. The van der Waals surface area contributed by atoms with Crippen LogP contribution in [0.4, 0.5) is 0 Å². The minimum atomic E-state index is -2.86. The number of nitrogens with zero attached hydrogens (tertiary/aromatic N) is 1. The van der Waals surface area contributed by atoms with E-state index in [2.05, 4.69) is 0 Å². The second kappa shape index (κ2) is 11.1. The molecule has 0 unspecified atom stereocenters. The minimum Gasteiger partial charge on any atom is -0.550 e. The molecule has 0 aliphatic heterocycles. The summed E-state index contributed by atoms with van der Waals surface area (Å²) < 4.78 is 0. The molecule has 0 aliphatic carbocycles. The molecule has 116 valence electrons. The van der Waals surface area contributed by atoms with Gasteiger partial charge in [-0.2, -0.15) is 0 Å². The summed E-state index contributed by atoms with van der Waals surface area (Å²) in [5.74, 6) is -6.44. The number of hydrogen-bond donors (Lipinski definition) is 3. The molecule has 0 bridgehead atoms. The molecular formula is C10H15NO9Zn. The first kappa shape index (κ1) is 24.4. The van der Waals surface area contributed by atoms with Crippen molar-refractivity contribution < 1.29 is 64.2 Å². The molecule has 0 radical (unpaired) electrons. The predicted octanol–water partition coefficient (Wildman–Crippen LogP) is -4.29. The Bertz CT molecular complexity index is 367. The average molecular weight is 359 g/mol. The van der Waals surface area contributed by atoms with E-state index in [4.69, 9.17) is 15.3 Å². The monoisotopic (exact) mass is 357 g/mol. The molecule has 0 aliphatic rings. The van der Waals surface area contributed by atoms with E-state index in [1.165, 1.54) is 0 Å². The summed E-state index contributed by atoms with van der Waals surface area (Å²) >= 11 is 0. The van der Waals surface area contributed by atoms with Crippen molar-refractivity contribution in [3.8, 4) is 0 Å². The maximum Gasteiger partial charge on any atom is 2.00 e. The zero-order valence-electron chi connectivity index (χ0n) is 11.6. The topological polar surface area (TPSA) is 178 Å². The molecule has 0 amide bonds. The molecule has 10 nitrogen and oxygen atoms in total. The van der Waals surface area contributed by atoms with Crippen molar-refractivity contribution >= 4 is 23.9 Å². The van der Waals surface area contributed by atoms with Crippen molar-refractivity contribution in [1.82, 2.24) is 4.90 Å². The Morgan fingerprint density at radius 3 is 1.43 bits per heavy atom. The molecule has 0 saturated heterocycles. The van der Waals surface area contributed by atoms with Gasteiger partial charge in [-0.1, -0.05) is 0 Å². The normalized spacial score (nSPS) is 9.90. The van der Waals surface area contributed by atoms with Gasteiger partial charge in [0.15, 0.2) is 5.60 Å². The van der Waals surface area contributed by atoms with Crippen molar-refractivity contribution in [1.29, 1.82) is 0 Å². The van der Waals surface area contributed by atoms with Crippen LogP contribution in [0.5, 0.6) is 0 Å². The maximum absolute atomic E-state index is 10.3. The summed E-state index contributed by atoms with van der Waals surface area (Å²) in [4.78, 5) is 41.5. The maximum atomic E-state index is 10.3. The molecular weight excluding hydrogens is 343 g/mol. The third-order valence-corrected chi connectivity index (χ3v) is 1.72. The summed E-state index contributed by atoms with van der Waals surface area (Å²) in [6, 6.07) is 0. The van der Waals surface area contributed by atoms with Gasteiger partial charge in [-0.05, 0) is 14.1 Å². The van der Waals surface area contributed by atoms with Gasteiger partial charge in [0.05, 0.1) is 6.54 Å². The fraction of sp³-hybridized carbons (Fsp3) is 0.600. The SMILES string of the molecule is CN(C)CC(=O)O.O=C([O-])CC(O)(CC(=O)[O-])C(=O)O.[Zn+2]. The van der Waals surface area contributed by atoms with E-state index in [-0.39, 0.29) is 26.0 Å². The molecule has 0 fully saturated rings. The van der Waals surface area contributed by atoms with E-state index < -0.39 is 42.3 Å². The molecule has 0 rings (SSSR count). The van der Waals surface area contributed by atoms with Gasteiger partial charge < -0.3 is 35.1 Å². The molecule has 0 aromatic heterocycles. The fourth-order valence-electron chi connectivity index (χ4n) is 0.962. The van der Waals surface area contributed by atoms with Gasteiger partial charge in [0.25, 0.3) is 0 Å². The fourth-order valence-corrected chi connectivity index (χ4v) is 0.962. The Labute approximate surface area is 132 Å². The summed E-state index contributed by atoms with van der Waals surface area (Å²) in [6.45, 7) is 0.111. The molecule has 0 saturated carbocycles. The van der Waals surface area contributed by atoms with Gasteiger partial charge >= 0.3 is 31.4 Å². The molecule has 11 heteroatoms. The van der Waals surface area contributed by atoms with Crippen molar-refractivity contribution in [2.75, 3.05) is 20.6 Å². The standard InChI is InChI=1S/C6H8O7.C4H9NO2.Zn/c7-3(8)1-6(13,5(11)12)2-4(9)10;1-5(2)3-4(6)7;/h13H,1-2H2,(H,7,8)(H,9,10)(H,11,12);3H2,1-2H3,(H,6,7);/q;;+2/p-2. The van der Waals surface area contributed by atoms with Gasteiger partial charge in [-0.25, -0.2) is 4.79 Å². The van der Waals surface area contributed by atoms with Crippen LogP contribution in [0.25, 0.3) is 0 Å². The Hall–Kier alpha value is -1.58. The van der Waals surface area contributed by atoms with Crippen molar-refractivity contribution in [2.45, 2.75) is 18.4 Å². The van der Waals surface area contributed by atoms with Gasteiger partial charge in [0.2, 0.25) is 0 Å². The number of carboxylic acid groups (broad SMARTS) is 4. The first-order valence-corrected chi connectivity index (χ1v) is 5.12. The van der Waals surface area contributed by atoms with Crippen LogP contribution in [0, 0.1) is 0 Å². The average Bonchev–Trinajstić information content (AvgIpc) is 2.12. The summed E-state index contributed by atoms with van der Waals surface area (Å²) in [5.41, 5.74) is -2.86. The van der Waals surface area contributed by atoms with Crippen LogP contribution in [0.15, 0.2) is 0 Å². The number of aliphatic carboxylic acids is 4. The van der Waals surface area contributed by atoms with Gasteiger partial charge in [0, 0.05) is 24.8 Å². The number of aliphatic hydroxyl groups is 1. The van der Waals surface area contributed by atoms with Gasteiger partial charge in [-0.15, -0.1) is 0 Å². The number of hydrogen-bond acceptors (Lipinski definition) is 8. The first-order chi connectivity index (χ1) is 8.90. The number of carboxylic acids is 4. The van der Waals surface area contributed by atoms with Crippen molar-refractivity contribution in [3.05, 3.63) is 0 Å². The second-order valence-electron chi connectivity index (χ2n) is 4.07. The molecule has 21 heavy (non-hydrogen) atoms. The van der Waals surface area contributed by atoms with Gasteiger partial charge in [-0.3, -0.25) is 9.69 Å². The summed E-state index contributed by atoms with van der Waals surface area (Å²) in [6.07, 6.45) is -2.59. The van der Waals surface area contributed by atoms with Gasteiger partial charge in [0.1, 0.15) is 0 Å². The molecule has 0 spiro atoms. The largest absolute Gasteiger partial charge is 2.00 e. The van der Waals surface area contributed by atoms with Crippen LogP contribution in [-0.4, -0.2) is 70.3 Å². The zero-order chi connectivity index (χ0) is 16.5. The second-order valence-corrected chi connectivity index (χ2v) is 4.07. The number of carbonyl (C=O) groups excluding carboxylic acids is 2. The number of rotatable bonds is 7. The van der Waals surface area contributed by atoms with Crippen molar-refractivity contribution in [2.24, 2.45) is 0 Å². The quantitative estimate of drug-likeness (QED) is 0.377. The third-order valence-electron chi connectivity index (χ3n) is 1.72. The van der Waals surface area contributed by atoms with Crippen LogP contribution in [0.3, 0.4) is 0 Å². The summed E-state index contributed by atoms with van der Waals surface area (Å²) in [5, 5.41) is 45.2. The van der Waals surface area contributed by atoms with Crippen LogP contribution in [0.2, 0.25) is 0 Å². The molecule has 0 atom stereocenters. The molecule has 3 N–H and O–H groups in total. The molecule has 0 aromatic rings. The first-order valence-electron chi connectivity index (χ1n) is 5.12. The smallest absolute Gasteiger partial charge is 0.550 e. The predicted molar refractivity (Wildman–Crippen MR) is 58.0 cm³/mol. The molecule has 0 aromatic carbocycles. The van der Waals surface area contributed by atoms with Crippen LogP contribution >= 0.6 is 0 Å². The van der Waals surface area contributed by atoms with E-state index in [9.17, 15) is 29.4 Å². The molecule has 0 heterocycles. The van der Waals surface area contributed by atoms with Crippen LogP contribution in [-0.2, 0) is 38.7 Å². The Morgan fingerprint density at radius 2 is 1.33 bits per heavy atom. The van der Waals surface area contributed by atoms with E-state index in [0.29, 0.717) is 0 Å². The zero-order valence-corrected chi connectivity index (χ0v) is 14.5. The van der Waals surface area contributed by atoms with Crippen LogP contribution in [0.1, 0.15) is 12.8 Å². The van der Waals surface area contributed by atoms with Crippen LogP contribution < -0.4 is 10.2 Å². The third kappa shape index (κ3) is 14.6. The number of likely N-dealkylation sites (N-methyl/N-ethyl adjacent to an activating group) is 1.